The van der Waals surface area contributed by atoms with E-state index in [-0.39, 0.29) is 0 Å². The van der Waals surface area contributed by atoms with E-state index in [0.29, 0.717) is 27.5 Å². The summed E-state index contributed by atoms with van der Waals surface area (Å²) in [5.74, 6) is -0.799. The van der Waals surface area contributed by atoms with Crippen LogP contribution in [0.4, 0.5) is 11.4 Å². The second-order valence-electron chi connectivity index (χ2n) is 4.34. The standard InChI is InChI=1S/C14H8BrClN2O2/c15-7-1-3-9-10(5-7)14(20)18(13(9)19)12-6-8(16)2-4-11(12)17/h1-6H,17H2. The van der Waals surface area contributed by atoms with Crippen molar-refractivity contribution in [1.29, 1.82) is 0 Å². The average molecular weight is 352 g/mol. The van der Waals surface area contributed by atoms with Gasteiger partial charge in [-0.3, -0.25) is 9.59 Å². The van der Waals surface area contributed by atoms with Gasteiger partial charge in [0.25, 0.3) is 11.8 Å². The highest BCUT2D eigenvalue weighted by Gasteiger charge is 2.37. The lowest BCUT2D eigenvalue weighted by Gasteiger charge is -2.16. The van der Waals surface area contributed by atoms with E-state index in [0.717, 1.165) is 9.37 Å². The molecular weight excluding hydrogens is 344 g/mol. The van der Waals surface area contributed by atoms with Gasteiger partial charge in [-0.25, -0.2) is 4.90 Å². The van der Waals surface area contributed by atoms with Gasteiger partial charge in [0.05, 0.1) is 22.5 Å². The molecule has 3 rings (SSSR count). The van der Waals surface area contributed by atoms with Crippen molar-refractivity contribution in [3.63, 3.8) is 0 Å². The monoisotopic (exact) mass is 350 g/mol. The van der Waals surface area contributed by atoms with Gasteiger partial charge in [-0.1, -0.05) is 27.5 Å². The predicted molar refractivity (Wildman–Crippen MR) is 81.1 cm³/mol. The van der Waals surface area contributed by atoms with Crippen LogP contribution in [-0.4, -0.2) is 11.8 Å². The molecule has 0 saturated carbocycles. The molecule has 1 aliphatic heterocycles. The molecule has 0 radical (unpaired) electrons. The second kappa shape index (κ2) is 4.61. The SMILES string of the molecule is Nc1ccc(Cl)cc1N1C(=O)c2ccc(Br)cc2C1=O. The first-order valence-corrected chi connectivity index (χ1v) is 6.89. The Morgan fingerprint density at radius 1 is 1.00 bits per heavy atom. The van der Waals surface area contributed by atoms with Crippen LogP contribution in [0.25, 0.3) is 0 Å². The van der Waals surface area contributed by atoms with Crippen LogP contribution < -0.4 is 10.6 Å². The fourth-order valence-electron chi connectivity index (χ4n) is 2.14. The van der Waals surface area contributed by atoms with E-state index in [1.807, 2.05) is 0 Å². The first kappa shape index (κ1) is 13.1. The van der Waals surface area contributed by atoms with E-state index in [2.05, 4.69) is 15.9 Å². The minimum atomic E-state index is -0.403. The van der Waals surface area contributed by atoms with E-state index < -0.39 is 11.8 Å². The van der Waals surface area contributed by atoms with Crippen LogP contribution in [0.5, 0.6) is 0 Å². The van der Waals surface area contributed by atoms with Crippen molar-refractivity contribution >= 4 is 50.7 Å². The van der Waals surface area contributed by atoms with Crippen molar-refractivity contribution in [2.24, 2.45) is 0 Å². The summed E-state index contributed by atoms with van der Waals surface area (Å²) in [5.41, 5.74) is 7.18. The molecule has 2 amide bonds. The number of nitrogens with two attached hydrogens (primary N) is 1. The predicted octanol–water partition coefficient (Wildman–Crippen LogP) is 3.49. The average Bonchev–Trinajstić information content (AvgIpc) is 2.65. The van der Waals surface area contributed by atoms with E-state index in [9.17, 15) is 9.59 Å². The molecule has 0 spiro atoms. The zero-order chi connectivity index (χ0) is 14.4. The molecule has 0 aliphatic carbocycles. The Kier molecular flexibility index (Phi) is 3.03. The highest BCUT2D eigenvalue weighted by atomic mass is 79.9. The fraction of sp³-hybridized carbons (Fsp3) is 0. The van der Waals surface area contributed by atoms with Gasteiger partial charge in [-0.2, -0.15) is 0 Å². The molecule has 1 aliphatic rings. The van der Waals surface area contributed by atoms with Gasteiger partial charge in [0.2, 0.25) is 0 Å². The molecule has 100 valence electrons. The number of carbonyl (C=O) groups is 2. The third-order valence-electron chi connectivity index (χ3n) is 3.08. The Labute approximate surface area is 128 Å². The summed E-state index contributed by atoms with van der Waals surface area (Å²) >= 11 is 9.20. The Balaban J connectivity index is 2.16. The van der Waals surface area contributed by atoms with Gasteiger partial charge in [0.15, 0.2) is 0 Å². The van der Waals surface area contributed by atoms with E-state index in [4.69, 9.17) is 17.3 Å². The summed E-state index contributed by atoms with van der Waals surface area (Å²) in [6.45, 7) is 0. The van der Waals surface area contributed by atoms with Crippen molar-refractivity contribution in [1.82, 2.24) is 0 Å². The second-order valence-corrected chi connectivity index (χ2v) is 5.69. The van der Waals surface area contributed by atoms with Gasteiger partial charge in [-0.15, -0.1) is 0 Å². The molecule has 0 saturated heterocycles. The number of fused-ring (bicyclic) bond motifs is 1. The van der Waals surface area contributed by atoms with Crippen molar-refractivity contribution in [3.05, 3.63) is 57.0 Å². The maximum absolute atomic E-state index is 12.4. The van der Waals surface area contributed by atoms with Crippen LogP contribution in [-0.2, 0) is 0 Å². The molecular formula is C14H8BrClN2O2. The first-order chi connectivity index (χ1) is 9.49. The molecule has 4 nitrogen and oxygen atoms in total. The smallest absolute Gasteiger partial charge is 0.266 e. The summed E-state index contributed by atoms with van der Waals surface area (Å²) < 4.78 is 0.735. The highest BCUT2D eigenvalue weighted by Crippen LogP contribution is 2.34. The number of nitrogen functional groups attached to an aromatic ring is 1. The summed E-state index contributed by atoms with van der Waals surface area (Å²) in [4.78, 5) is 25.8. The quantitative estimate of drug-likeness (QED) is 0.632. The van der Waals surface area contributed by atoms with Gasteiger partial charge in [0.1, 0.15) is 0 Å². The lowest BCUT2D eigenvalue weighted by molar-refractivity contribution is 0.0926. The summed E-state index contributed by atoms with van der Waals surface area (Å²) in [6, 6.07) is 9.63. The van der Waals surface area contributed by atoms with E-state index in [1.165, 1.54) is 6.07 Å². The Hall–Kier alpha value is -1.85. The van der Waals surface area contributed by atoms with Gasteiger partial charge in [-0.05, 0) is 36.4 Å². The normalized spacial score (nSPS) is 13.8. The zero-order valence-electron chi connectivity index (χ0n) is 10.1. The van der Waals surface area contributed by atoms with E-state index >= 15 is 0 Å². The first-order valence-electron chi connectivity index (χ1n) is 5.72. The lowest BCUT2D eigenvalue weighted by Crippen LogP contribution is -2.30. The number of rotatable bonds is 1. The molecule has 20 heavy (non-hydrogen) atoms. The number of carbonyl (C=O) groups excluding carboxylic acids is 2. The number of hydrogen-bond acceptors (Lipinski definition) is 3. The van der Waals surface area contributed by atoms with Crippen molar-refractivity contribution in [2.75, 3.05) is 10.6 Å². The molecule has 0 aromatic heterocycles. The summed E-state index contributed by atoms with van der Waals surface area (Å²) in [7, 11) is 0. The van der Waals surface area contributed by atoms with Crippen LogP contribution in [0.1, 0.15) is 20.7 Å². The molecule has 0 unspecified atom stereocenters. The molecule has 0 fully saturated rings. The number of imide groups is 1. The van der Waals surface area contributed by atoms with Crippen molar-refractivity contribution in [3.8, 4) is 0 Å². The molecule has 2 aromatic rings. The molecule has 2 N–H and O–H groups in total. The molecule has 0 bridgehead atoms. The maximum Gasteiger partial charge on any atom is 0.266 e. The Morgan fingerprint density at radius 3 is 2.45 bits per heavy atom. The largest absolute Gasteiger partial charge is 0.397 e. The molecule has 0 atom stereocenters. The third kappa shape index (κ3) is 1.90. The lowest BCUT2D eigenvalue weighted by atomic mass is 10.1. The number of nitrogens with zero attached hydrogens (tertiary/aromatic N) is 1. The Bertz CT molecular complexity index is 761. The fourth-order valence-corrected chi connectivity index (χ4v) is 2.67. The third-order valence-corrected chi connectivity index (χ3v) is 3.81. The minimum Gasteiger partial charge on any atom is -0.397 e. The maximum atomic E-state index is 12.4. The number of anilines is 2. The molecule has 6 heteroatoms. The van der Waals surface area contributed by atoms with Crippen LogP contribution >= 0.6 is 27.5 Å². The van der Waals surface area contributed by atoms with Gasteiger partial charge >= 0.3 is 0 Å². The number of halogens is 2. The van der Waals surface area contributed by atoms with Crippen LogP contribution in [0.2, 0.25) is 5.02 Å². The zero-order valence-corrected chi connectivity index (χ0v) is 12.4. The molecule has 2 aromatic carbocycles. The number of benzene rings is 2. The van der Waals surface area contributed by atoms with Gasteiger partial charge in [0, 0.05) is 9.50 Å². The topological polar surface area (TPSA) is 63.4 Å². The van der Waals surface area contributed by atoms with Crippen molar-refractivity contribution < 1.29 is 9.59 Å². The highest BCUT2D eigenvalue weighted by molar-refractivity contribution is 9.10. The molecule has 1 heterocycles. The van der Waals surface area contributed by atoms with Gasteiger partial charge < -0.3 is 5.73 Å². The Morgan fingerprint density at radius 2 is 1.70 bits per heavy atom. The van der Waals surface area contributed by atoms with Crippen LogP contribution in [0.15, 0.2) is 40.9 Å². The number of amides is 2. The van der Waals surface area contributed by atoms with E-state index in [1.54, 1.807) is 30.3 Å². The van der Waals surface area contributed by atoms with Crippen molar-refractivity contribution in [2.45, 2.75) is 0 Å². The summed E-state index contributed by atoms with van der Waals surface area (Å²) in [6.07, 6.45) is 0. The number of hydrogen-bond donors (Lipinski definition) is 1. The van der Waals surface area contributed by atoms with Crippen LogP contribution in [0.3, 0.4) is 0 Å². The van der Waals surface area contributed by atoms with Crippen LogP contribution in [0, 0.1) is 0 Å². The minimum absolute atomic E-state index is 0.305. The summed E-state index contributed by atoms with van der Waals surface area (Å²) in [5, 5.41) is 0.409.